The summed E-state index contributed by atoms with van der Waals surface area (Å²) in [5.41, 5.74) is -1.23. The van der Waals surface area contributed by atoms with Crippen LogP contribution in [0.1, 0.15) is 33.4 Å². The van der Waals surface area contributed by atoms with E-state index in [9.17, 15) is 27.6 Å². The lowest BCUT2D eigenvalue weighted by Crippen LogP contribution is -2.25. The van der Waals surface area contributed by atoms with Crippen LogP contribution < -0.4 is 15.1 Å². The number of halogens is 4. The van der Waals surface area contributed by atoms with Crippen molar-refractivity contribution in [1.29, 1.82) is 0 Å². The first-order chi connectivity index (χ1) is 21.5. The van der Waals surface area contributed by atoms with E-state index in [1.54, 1.807) is 37.3 Å². The van der Waals surface area contributed by atoms with Gasteiger partial charge >= 0.3 is 12.1 Å². The Morgan fingerprint density at radius 3 is 2.56 bits per heavy atom. The van der Waals surface area contributed by atoms with Crippen LogP contribution in [0.15, 0.2) is 94.0 Å². The molecule has 1 N–H and O–H groups in total. The van der Waals surface area contributed by atoms with Crippen molar-refractivity contribution in [2.75, 3.05) is 24.0 Å². The highest BCUT2D eigenvalue weighted by atomic mass is 35.5. The zero-order chi connectivity index (χ0) is 32.3. The molecule has 45 heavy (non-hydrogen) atoms. The summed E-state index contributed by atoms with van der Waals surface area (Å²) in [6, 6.07) is 19.4. The van der Waals surface area contributed by atoms with E-state index in [1.807, 2.05) is 0 Å². The number of hydrogen-bond acceptors (Lipinski definition) is 7. The molecule has 0 unspecified atom stereocenters. The maximum Gasteiger partial charge on any atom is 0.435 e. The van der Waals surface area contributed by atoms with E-state index >= 15 is 0 Å². The number of methoxy groups -OCH3 is 1. The largest absolute Gasteiger partial charge is 0.497 e. The molecule has 1 aliphatic heterocycles. The number of hydrazone groups is 1. The fraction of sp³-hybridized carbons (Fsp3) is 0.125. The van der Waals surface area contributed by atoms with Crippen molar-refractivity contribution in [3.63, 3.8) is 0 Å². The van der Waals surface area contributed by atoms with Crippen molar-refractivity contribution < 1.29 is 41.4 Å². The average molecular weight is 638 g/mol. The molecule has 1 aliphatic rings. The van der Waals surface area contributed by atoms with E-state index in [1.165, 1.54) is 55.6 Å². The Balaban J connectivity index is 1.42. The summed E-state index contributed by atoms with van der Waals surface area (Å²) in [4.78, 5) is 38.3. The first-order valence-electron chi connectivity index (χ1n) is 13.3. The summed E-state index contributed by atoms with van der Waals surface area (Å²) < 4.78 is 57.9. The maximum atomic E-state index is 14.0. The highest BCUT2D eigenvalue weighted by Crippen LogP contribution is 2.34. The number of alkyl halides is 3. The SMILES string of the molecule is CCOC(=O)c1cccc(N2N=C(C(F)(F)F)/C(=C\c3ccc(-c4ccc(Cl)c(C(=O)Nc5cccc(OC)c5)c4)o3)C2=O)c1. The molecule has 0 radical (unpaired) electrons. The van der Waals surface area contributed by atoms with Gasteiger partial charge < -0.3 is 19.2 Å². The normalized spacial score (nSPS) is 14.0. The Labute approximate surface area is 259 Å². The van der Waals surface area contributed by atoms with Crippen LogP contribution in [0.3, 0.4) is 0 Å². The molecule has 0 bridgehead atoms. The van der Waals surface area contributed by atoms with Crippen molar-refractivity contribution in [1.82, 2.24) is 0 Å². The summed E-state index contributed by atoms with van der Waals surface area (Å²) in [6.07, 6.45) is -4.05. The van der Waals surface area contributed by atoms with Crippen molar-refractivity contribution in [3.05, 3.63) is 106 Å². The predicted octanol–water partition coefficient (Wildman–Crippen LogP) is 7.39. The van der Waals surface area contributed by atoms with Crippen LogP contribution in [0.5, 0.6) is 5.75 Å². The molecule has 0 aliphatic carbocycles. The molecular formula is C32H23ClF3N3O6. The van der Waals surface area contributed by atoms with Gasteiger partial charge in [0.1, 0.15) is 17.3 Å². The van der Waals surface area contributed by atoms with Gasteiger partial charge in [-0.25, -0.2) is 4.79 Å². The lowest BCUT2D eigenvalue weighted by atomic mass is 10.1. The Morgan fingerprint density at radius 1 is 1.04 bits per heavy atom. The number of furan rings is 1. The monoisotopic (exact) mass is 637 g/mol. The topological polar surface area (TPSA) is 110 Å². The number of carbonyl (C=O) groups excluding carboxylic acids is 3. The number of ether oxygens (including phenoxy) is 2. The molecule has 4 aromatic rings. The summed E-state index contributed by atoms with van der Waals surface area (Å²) in [5.74, 6) is -1.64. The smallest absolute Gasteiger partial charge is 0.435 e. The van der Waals surface area contributed by atoms with Gasteiger partial charge in [-0.05, 0) is 73.7 Å². The molecular weight excluding hydrogens is 615 g/mol. The van der Waals surface area contributed by atoms with Crippen LogP contribution in [0.4, 0.5) is 24.5 Å². The van der Waals surface area contributed by atoms with Gasteiger partial charge in [0.15, 0.2) is 5.71 Å². The highest BCUT2D eigenvalue weighted by Gasteiger charge is 2.47. The number of benzene rings is 3. The summed E-state index contributed by atoms with van der Waals surface area (Å²) in [5, 5.41) is 6.98. The van der Waals surface area contributed by atoms with Gasteiger partial charge in [-0.2, -0.15) is 23.3 Å². The molecule has 0 spiro atoms. The van der Waals surface area contributed by atoms with Crippen molar-refractivity contribution in [2.45, 2.75) is 13.1 Å². The highest BCUT2D eigenvalue weighted by molar-refractivity contribution is 6.35. The second kappa shape index (κ2) is 12.7. The van der Waals surface area contributed by atoms with E-state index in [-0.39, 0.29) is 40.0 Å². The molecule has 0 saturated carbocycles. The third kappa shape index (κ3) is 6.75. The lowest BCUT2D eigenvalue weighted by Gasteiger charge is -2.12. The Kier molecular flexibility index (Phi) is 8.77. The number of nitrogens with zero attached hydrogens (tertiary/aromatic N) is 2. The van der Waals surface area contributed by atoms with Crippen LogP contribution >= 0.6 is 11.6 Å². The molecule has 0 saturated heterocycles. The van der Waals surface area contributed by atoms with Crippen LogP contribution in [0, 0.1) is 0 Å². The van der Waals surface area contributed by atoms with Crippen LogP contribution in [-0.2, 0) is 9.53 Å². The molecule has 0 atom stereocenters. The average Bonchev–Trinajstić information content (AvgIpc) is 3.62. The van der Waals surface area contributed by atoms with Gasteiger partial charge in [-0.15, -0.1) is 0 Å². The molecule has 0 fully saturated rings. The Bertz CT molecular complexity index is 1860. The quantitative estimate of drug-likeness (QED) is 0.159. The lowest BCUT2D eigenvalue weighted by molar-refractivity contribution is -0.114. The Hall–Kier alpha value is -5.36. The van der Waals surface area contributed by atoms with E-state index in [4.69, 9.17) is 25.5 Å². The molecule has 3 aromatic carbocycles. The van der Waals surface area contributed by atoms with Crippen molar-refractivity contribution in [2.24, 2.45) is 5.10 Å². The maximum absolute atomic E-state index is 14.0. The molecule has 1 aromatic heterocycles. The number of amides is 2. The molecule has 5 rings (SSSR count). The summed E-state index contributed by atoms with van der Waals surface area (Å²) in [7, 11) is 1.50. The summed E-state index contributed by atoms with van der Waals surface area (Å²) in [6.45, 7) is 1.70. The van der Waals surface area contributed by atoms with Gasteiger partial charge in [0.2, 0.25) is 0 Å². The standard InChI is InChI=1S/C32H23ClF3N3O6/c1-3-44-31(42)19-6-4-8-21(14-19)39-30(41)25(28(38-39)32(34,35)36)17-23-11-13-27(45-23)18-10-12-26(33)24(15-18)29(40)37-20-7-5-9-22(16-20)43-2/h4-17H,3H2,1-2H3,(H,37,40)/b25-17+. The van der Waals surface area contributed by atoms with E-state index in [0.29, 0.717) is 22.0 Å². The van der Waals surface area contributed by atoms with Crippen LogP contribution in [-0.4, -0.2) is 43.4 Å². The third-order valence-electron chi connectivity index (χ3n) is 6.48. The van der Waals surface area contributed by atoms with E-state index < -0.39 is 35.2 Å². The van der Waals surface area contributed by atoms with Crippen molar-refractivity contribution >= 4 is 52.5 Å². The number of carbonyl (C=O) groups is 3. The third-order valence-corrected chi connectivity index (χ3v) is 6.81. The number of hydrogen-bond donors (Lipinski definition) is 1. The van der Waals surface area contributed by atoms with Gasteiger partial charge in [0.05, 0.1) is 41.1 Å². The number of nitrogens with one attached hydrogen (secondary N) is 1. The summed E-state index contributed by atoms with van der Waals surface area (Å²) >= 11 is 6.29. The predicted molar refractivity (Wildman–Crippen MR) is 161 cm³/mol. The molecule has 13 heteroatoms. The minimum Gasteiger partial charge on any atom is -0.497 e. The molecule has 2 heterocycles. The van der Waals surface area contributed by atoms with Crippen LogP contribution in [0.2, 0.25) is 5.02 Å². The van der Waals surface area contributed by atoms with Gasteiger partial charge in [-0.3, -0.25) is 9.59 Å². The number of anilines is 2. The Morgan fingerprint density at radius 2 is 1.82 bits per heavy atom. The molecule has 230 valence electrons. The number of esters is 1. The van der Waals surface area contributed by atoms with Crippen molar-refractivity contribution in [3.8, 4) is 17.1 Å². The second-order valence-corrected chi connectivity index (χ2v) is 9.88. The van der Waals surface area contributed by atoms with E-state index in [0.717, 1.165) is 6.08 Å². The van der Waals surface area contributed by atoms with Gasteiger partial charge in [0, 0.05) is 17.3 Å². The molecule has 9 nitrogen and oxygen atoms in total. The van der Waals surface area contributed by atoms with Gasteiger partial charge in [0.25, 0.3) is 11.8 Å². The minimum absolute atomic E-state index is 0.0403. The number of rotatable bonds is 8. The van der Waals surface area contributed by atoms with E-state index in [2.05, 4.69) is 10.4 Å². The first kappa shape index (κ1) is 31.1. The van der Waals surface area contributed by atoms with Gasteiger partial charge in [-0.1, -0.05) is 23.7 Å². The zero-order valence-electron chi connectivity index (χ0n) is 23.6. The van der Waals surface area contributed by atoms with Crippen LogP contribution in [0.25, 0.3) is 17.4 Å². The zero-order valence-corrected chi connectivity index (χ0v) is 24.4. The fourth-order valence-electron chi connectivity index (χ4n) is 4.39. The minimum atomic E-state index is -4.98. The second-order valence-electron chi connectivity index (χ2n) is 9.47. The fourth-order valence-corrected chi connectivity index (χ4v) is 4.59. The first-order valence-corrected chi connectivity index (χ1v) is 13.7. The molecule has 2 amide bonds.